The fourth-order valence-corrected chi connectivity index (χ4v) is 6.54. The number of esters is 1. The van der Waals surface area contributed by atoms with E-state index in [1.807, 2.05) is 66.7 Å². The number of allylic oxidation sites excluding steroid dienone is 5. The Kier molecular flexibility index (Phi) is 14.3. The summed E-state index contributed by atoms with van der Waals surface area (Å²) in [5.41, 5.74) is 1.78. The van der Waals surface area contributed by atoms with Gasteiger partial charge in [-0.15, -0.1) is 0 Å². The first-order chi connectivity index (χ1) is 20.5. The zero-order valence-electron chi connectivity index (χ0n) is 28.6. The summed E-state index contributed by atoms with van der Waals surface area (Å²) in [7, 11) is 2.87. The van der Waals surface area contributed by atoms with E-state index in [1.54, 1.807) is 26.0 Å². The van der Waals surface area contributed by atoms with Gasteiger partial charge in [-0.2, -0.15) is 0 Å². The first-order valence-corrected chi connectivity index (χ1v) is 15.9. The smallest absolute Gasteiger partial charge is 0.373 e. The fourth-order valence-electron chi connectivity index (χ4n) is 6.54. The van der Waals surface area contributed by atoms with Crippen molar-refractivity contribution in [2.24, 2.45) is 35.5 Å². The summed E-state index contributed by atoms with van der Waals surface area (Å²) in [5, 5.41) is 45.0. The molecule has 252 valence electrons. The molecule has 0 bridgehead atoms. The predicted octanol–water partition coefficient (Wildman–Crippen LogP) is 4.69. The number of aliphatic hydroxyl groups excluding tert-OH is 3. The molecule has 4 N–H and O–H groups in total. The minimum Gasteiger partial charge on any atom is -0.490 e. The SMILES string of the molecule is CO/C1=C/C(C)=C\[C@@H](C)[C@H](O)[C@@H](C)C/C(C)=C/C=C/[C@H](OC)C([C@@H](C)[C@@H](O)[C@H](C)[C@]2(O)C[C@H](O)[C@@H](C)[C@H](C(C)C)O2)OC1=O. The number of hydrogen-bond donors (Lipinski definition) is 4. The van der Waals surface area contributed by atoms with Crippen LogP contribution in [0.25, 0.3) is 0 Å². The monoisotopic (exact) mass is 622 g/mol. The maximum Gasteiger partial charge on any atom is 0.373 e. The number of cyclic esters (lactones) is 1. The molecule has 0 aromatic rings. The van der Waals surface area contributed by atoms with Crippen molar-refractivity contribution in [3.8, 4) is 0 Å². The molecule has 9 nitrogen and oxygen atoms in total. The topological polar surface area (TPSA) is 135 Å². The minimum atomic E-state index is -1.80. The molecule has 0 saturated carbocycles. The van der Waals surface area contributed by atoms with E-state index in [2.05, 4.69) is 0 Å². The van der Waals surface area contributed by atoms with E-state index in [1.165, 1.54) is 14.2 Å². The Morgan fingerprint density at radius 3 is 2.25 bits per heavy atom. The number of aliphatic hydroxyl groups is 4. The Hall–Kier alpha value is -2.01. The van der Waals surface area contributed by atoms with Gasteiger partial charge >= 0.3 is 5.97 Å². The third-order valence-electron chi connectivity index (χ3n) is 9.50. The van der Waals surface area contributed by atoms with E-state index in [0.29, 0.717) is 6.42 Å². The Labute approximate surface area is 264 Å². The molecule has 2 heterocycles. The zero-order chi connectivity index (χ0) is 33.5. The van der Waals surface area contributed by atoms with Crippen molar-refractivity contribution in [3.05, 3.63) is 47.3 Å². The Balaban J connectivity index is 2.52. The minimum absolute atomic E-state index is 0.00492. The lowest BCUT2D eigenvalue weighted by atomic mass is 9.76. The molecule has 0 aromatic carbocycles. The second kappa shape index (κ2) is 16.5. The highest BCUT2D eigenvalue weighted by molar-refractivity contribution is 5.87. The van der Waals surface area contributed by atoms with E-state index < -0.39 is 60.2 Å². The van der Waals surface area contributed by atoms with Crippen LogP contribution in [0.5, 0.6) is 0 Å². The predicted molar refractivity (Wildman–Crippen MR) is 170 cm³/mol. The van der Waals surface area contributed by atoms with Crippen molar-refractivity contribution in [1.29, 1.82) is 0 Å². The van der Waals surface area contributed by atoms with Gasteiger partial charge in [0.05, 0.1) is 31.5 Å². The van der Waals surface area contributed by atoms with E-state index in [0.717, 1.165) is 11.1 Å². The normalized spacial score (nSPS) is 41.2. The first-order valence-electron chi connectivity index (χ1n) is 15.9. The van der Waals surface area contributed by atoms with Crippen LogP contribution in [-0.4, -0.2) is 83.0 Å². The largest absolute Gasteiger partial charge is 0.490 e. The van der Waals surface area contributed by atoms with Crippen LogP contribution in [0, 0.1) is 35.5 Å². The van der Waals surface area contributed by atoms with Crippen LogP contribution in [0.15, 0.2) is 47.3 Å². The molecule has 0 radical (unpaired) electrons. The van der Waals surface area contributed by atoms with Crippen molar-refractivity contribution in [1.82, 2.24) is 0 Å². The van der Waals surface area contributed by atoms with Gasteiger partial charge in [0.2, 0.25) is 5.76 Å². The van der Waals surface area contributed by atoms with Crippen LogP contribution in [0.2, 0.25) is 0 Å². The number of ether oxygens (including phenoxy) is 4. The Morgan fingerprint density at radius 1 is 1.05 bits per heavy atom. The lowest BCUT2D eigenvalue weighted by Crippen LogP contribution is -2.59. The highest BCUT2D eigenvalue weighted by Gasteiger charge is 2.51. The van der Waals surface area contributed by atoms with Crippen molar-refractivity contribution < 1.29 is 44.2 Å². The number of methoxy groups -OCH3 is 2. The zero-order valence-corrected chi connectivity index (χ0v) is 28.6. The van der Waals surface area contributed by atoms with E-state index in [-0.39, 0.29) is 35.9 Å². The lowest BCUT2D eigenvalue weighted by Gasteiger charge is -2.49. The maximum atomic E-state index is 13.5. The summed E-state index contributed by atoms with van der Waals surface area (Å²) < 4.78 is 23.4. The second-order valence-electron chi connectivity index (χ2n) is 13.6. The second-order valence-corrected chi connectivity index (χ2v) is 13.6. The molecule has 1 saturated heterocycles. The molecule has 2 rings (SSSR count). The lowest BCUT2D eigenvalue weighted by molar-refractivity contribution is -0.328. The Morgan fingerprint density at radius 2 is 1.68 bits per heavy atom. The van der Waals surface area contributed by atoms with Gasteiger partial charge in [0.25, 0.3) is 0 Å². The molecular formula is C35H58O9. The van der Waals surface area contributed by atoms with Gasteiger partial charge in [-0.1, -0.05) is 83.9 Å². The molecule has 0 amide bonds. The summed E-state index contributed by atoms with van der Waals surface area (Å²) in [6.45, 7) is 17.0. The van der Waals surface area contributed by atoms with Crippen molar-refractivity contribution in [2.75, 3.05) is 14.2 Å². The molecule has 2 aliphatic rings. The van der Waals surface area contributed by atoms with Gasteiger partial charge in [-0.3, -0.25) is 0 Å². The quantitative estimate of drug-likeness (QED) is 0.298. The summed E-state index contributed by atoms with van der Waals surface area (Å²) in [6, 6.07) is 0. The maximum absolute atomic E-state index is 13.5. The highest BCUT2D eigenvalue weighted by Crippen LogP contribution is 2.41. The molecule has 12 atom stereocenters. The van der Waals surface area contributed by atoms with Crippen LogP contribution in [0.4, 0.5) is 0 Å². The molecule has 2 aliphatic heterocycles. The average molecular weight is 623 g/mol. The van der Waals surface area contributed by atoms with Crippen LogP contribution in [0.3, 0.4) is 0 Å². The Bertz CT molecular complexity index is 1060. The van der Waals surface area contributed by atoms with Crippen LogP contribution < -0.4 is 0 Å². The molecule has 0 aromatic heterocycles. The van der Waals surface area contributed by atoms with E-state index in [9.17, 15) is 25.2 Å². The molecule has 0 spiro atoms. The fraction of sp³-hybridized carbons (Fsp3) is 0.743. The van der Waals surface area contributed by atoms with Crippen LogP contribution in [0.1, 0.15) is 75.2 Å². The molecular weight excluding hydrogens is 564 g/mol. The number of carbonyl (C=O) groups excluding carboxylic acids is 1. The molecule has 0 aliphatic carbocycles. The third-order valence-corrected chi connectivity index (χ3v) is 9.50. The molecule has 1 unspecified atom stereocenters. The summed E-state index contributed by atoms with van der Waals surface area (Å²) in [4.78, 5) is 13.5. The van der Waals surface area contributed by atoms with Gasteiger partial charge in [0, 0.05) is 37.2 Å². The van der Waals surface area contributed by atoms with Gasteiger partial charge < -0.3 is 39.4 Å². The van der Waals surface area contributed by atoms with Crippen molar-refractivity contribution in [3.63, 3.8) is 0 Å². The average Bonchev–Trinajstić information content (AvgIpc) is 2.96. The first kappa shape index (κ1) is 38.2. The van der Waals surface area contributed by atoms with E-state index in [4.69, 9.17) is 18.9 Å². The highest BCUT2D eigenvalue weighted by atomic mass is 16.6. The summed E-state index contributed by atoms with van der Waals surface area (Å²) >= 11 is 0. The number of carbonyl (C=O) groups is 1. The number of rotatable bonds is 7. The summed E-state index contributed by atoms with van der Waals surface area (Å²) in [6.07, 6.45) is 4.85. The third kappa shape index (κ3) is 9.50. The van der Waals surface area contributed by atoms with Gasteiger partial charge in [-0.05, 0) is 38.2 Å². The molecule has 1 fully saturated rings. The van der Waals surface area contributed by atoms with Crippen LogP contribution in [-0.2, 0) is 23.7 Å². The standard InChI is InChI=1S/C35H58O9/c1-19(2)32-24(7)27(36)18-35(40,44-32)26(9)31(38)25(8)33-28(41-10)14-12-13-20(3)15-22(5)30(37)23(6)16-21(4)17-29(42-11)34(39)43-33/h12-14,16-17,19,22-28,30-33,36-38,40H,15,18H2,1-11H3/b14-12+,20-13+,21-16-,29-17+/t22-,23+,24+,25-,26-,27-,28-,30+,31+,32-,33?,35-/m0/s1. The van der Waals surface area contributed by atoms with Crippen molar-refractivity contribution in [2.45, 2.75) is 118 Å². The van der Waals surface area contributed by atoms with Crippen molar-refractivity contribution >= 4 is 5.97 Å². The van der Waals surface area contributed by atoms with Gasteiger partial charge in [-0.25, -0.2) is 4.79 Å². The van der Waals surface area contributed by atoms with E-state index >= 15 is 0 Å². The van der Waals surface area contributed by atoms with Crippen LogP contribution >= 0.6 is 0 Å². The molecule has 44 heavy (non-hydrogen) atoms. The summed E-state index contributed by atoms with van der Waals surface area (Å²) in [5.74, 6) is -4.49. The van der Waals surface area contributed by atoms with Gasteiger partial charge in [0.1, 0.15) is 12.2 Å². The molecule has 9 heteroatoms. The number of hydrogen-bond acceptors (Lipinski definition) is 9. The van der Waals surface area contributed by atoms with Gasteiger partial charge in [0.15, 0.2) is 5.79 Å².